The molecule has 3 heterocycles. The molecule has 0 radical (unpaired) electrons. The Morgan fingerprint density at radius 2 is 0.905 bits per heavy atom. The van der Waals surface area contributed by atoms with E-state index in [0.717, 1.165) is 0 Å². The molecule has 0 unspecified atom stereocenters. The zero-order chi connectivity index (χ0) is 46.2. The second-order valence-corrected chi connectivity index (χ2v) is 15.8. The standard InChI is InChI=1S/2C15H21FO5.C15H17FO5/c3*16-11-4-2-1-3-9(11)5-6-10(17)7-13-15(20)14(19)12(18)8-21-13/h2*1-4,10,12-15,17-20H,5-8H2;1-6,12-15,18-20H,7-8H2/b;;6-5+/t10-,12+,13-,14-,15-;10-,12-,13+,14+,15+;12-,13+,14+,15+/m011/s1. The third-order valence-electron chi connectivity index (χ3n) is 11.0. The Bertz CT molecular complexity index is 1770. The molecule has 0 spiro atoms. The quantitative estimate of drug-likeness (QED) is 0.0970. The van der Waals surface area contributed by atoms with Gasteiger partial charge in [-0.25, -0.2) is 13.2 Å². The lowest BCUT2D eigenvalue weighted by atomic mass is 9.94. The second-order valence-electron chi connectivity index (χ2n) is 15.8. The molecule has 6 rings (SSSR count). The van der Waals surface area contributed by atoms with Crippen molar-refractivity contribution in [3.05, 3.63) is 113 Å². The number of ketones is 1. The van der Waals surface area contributed by atoms with Crippen LogP contribution >= 0.6 is 0 Å². The van der Waals surface area contributed by atoms with E-state index in [1.165, 1.54) is 36.4 Å². The number of carbonyl (C=O) groups excluding carboxylic acids is 1. The van der Waals surface area contributed by atoms with E-state index in [4.69, 9.17) is 14.2 Å². The number of hydrogen-bond donors (Lipinski definition) is 11. The maximum absolute atomic E-state index is 13.4. The largest absolute Gasteiger partial charge is 0.393 e. The first kappa shape index (κ1) is 51.9. The molecule has 15 nitrogen and oxygen atoms in total. The van der Waals surface area contributed by atoms with Crippen molar-refractivity contribution in [3.63, 3.8) is 0 Å². The highest BCUT2D eigenvalue weighted by molar-refractivity contribution is 5.94. The minimum absolute atomic E-state index is 0.0804. The van der Waals surface area contributed by atoms with Gasteiger partial charge in [-0.05, 0) is 67.2 Å². The maximum atomic E-state index is 13.4. The van der Waals surface area contributed by atoms with Crippen molar-refractivity contribution in [1.29, 1.82) is 0 Å². The van der Waals surface area contributed by atoms with Crippen molar-refractivity contribution in [2.24, 2.45) is 0 Å². The molecule has 0 aromatic heterocycles. The SMILES string of the molecule is O=C(/C=C/c1ccccc1F)C[C@@H]1OC[C@@H](O)[C@H](O)[C@H]1O.O[C@@H](CCc1ccccc1F)C[C@@H]1OC[C@@H](O)[C@H](O)[C@H]1O.O[C@H](CCc1ccccc1F)C[C@@H]1OC[C@@H](O)[C@H](O)[C@H]1O. The van der Waals surface area contributed by atoms with Crippen molar-refractivity contribution in [2.45, 2.75) is 130 Å². The average Bonchev–Trinajstić information content (AvgIpc) is 3.26. The number of aliphatic hydroxyl groups excluding tert-OH is 11. The Balaban J connectivity index is 0.000000207. The number of hydrogen-bond acceptors (Lipinski definition) is 15. The number of ether oxygens (including phenoxy) is 3. The topological polar surface area (TPSA) is 267 Å². The normalized spacial score (nSPS) is 30.6. The van der Waals surface area contributed by atoms with Gasteiger partial charge in [-0.15, -0.1) is 0 Å². The summed E-state index contributed by atoms with van der Waals surface area (Å²) in [4.78, 5) is 11.8. The zero-order valence-corrected chi connectivity index (χ0v) is 34.4. The minimum atomic E-state index is -1.34. The fraction of sp³-hybridized carbons (Fsp3) is 0.533. The van der Waals surface area contributed by atoms with Crippen molar-refractivity contribution in [3.8, 4) is 0 Å². The van der Waals surface area contributed by atoms with Gasteiger partial charge in [-0.1, -0.05) is 54.6 Å². The van der Waals surface area contributed by atoms with Crippen LogP contribution in [0.2, 0.25) is 0 Å². The van der Waals surface area contributed by atoms with E-state index in [1.807, 2.05) is 0 Å². The van der Waals surface area contributed by atoms with Crippen molar-refractivity contribution in [2.75, 3.05) is 19.8 Å². The number of halogens is 3. The number of benzene rings is 3. The second kappa shape index (κ2) is 25.7. The highest BCUT2D eigenvalue weighted by atomic mass is 19.1. The number of aliphatic hydroxyl groups is 11. The van der Waals surface area contributed by atoms with E-state index >= 15 is 0 Å². The van der Waals surface area contributed by atoms with E-state index in [9.17, 15) is 74.1 Å². The lowest BCUT2D eigenvalue weighted by Crippen LogP contribution is -2.53. The Morgan fingerprint density at radius 1 is 0.540 bits per heavy atom. The van der Waals surface area contributed by atoms with Crippen molar-refractivity contribution < 1.29 is 88.3 Å². The van der Waals surface area contributed by atoms with Gasteiger partial charge in [0.05, 0.1) is 50.3 Å². The van der Waals surface area contributed by atoms with Gasteiger partial charge in [0, 0.05) is 24.8 Å². The summed E-state index contributed by atoms with van der Waals surface area (Å²) in [7, 11) is 0. The number of allylic oxidation sites excluding steroid dienone is 1. The summed E-state index contributed by atoms with van der Waals surface area (Å²) >= 11 is 0. The van der Waals surface area contributed by atoms with Gasteiger partial charge in [0.2, 0.25) is 0 Å². The van der Waals surface area contributed by atoms with Crippen LogP contribution in [0.3, 0.4) is 0 Å². The lowest BCUT2D eigenvalue weighted by molar-refractivity contribution is -0.193. The smallest absolute Gasteiger partial charge is 0.158 e. The van der Waals surface area contributed by atoms with Crippen LogP contribution in [-0.2, 0) is 31.8 Å². The van der Waals surface area contributed by atoms with Crippen LogP contribution in [0.1, 0.15) is 48.8 Å². The molecule has 3 saturated heterocycles. The fourth-order valence-corrected chi connectivity index (χ4v) is 7.07. The maximum Gasteiger partial charge on any atom is 0.158 e. The molecule has 11 N–H and O–H groups in total. The lowest BCUT2D eigenvalue weighted by Gasteiger charge is -2.36. The van der Waals surface area contributed by atoms with Crippen LogP contribution < -0.4 is 0 Å². The molecule has 14 atom stereocenters. The van der Waals surface area contributed by atoms with Gasteiger partial charge in [-0.3, -0.25) is 4.79 Å². The highest BCUT2D eigenvalue weighted by Gasteiger charge is 2.40. The number of aryl methyl sites for hydroxylation is 2. The molecule has 0 aliphatic carbocycles. The highest BCUT2D eigenvalue weighted by Crippen LogP contribution is 2.24. The third-order valence-corrected chi connectivity index (χ3v) is 11.0. The Hall–Kier alpha value is -3.70. The fourth-order valence-electron chi connectivity index (χ4n) is 7.07. The molecular formula is C45H59F3O15. The van der Waals surface area contributed by atoms with E-state index in [2.05, 4.69) is 0 Å². The van der Waals surface area contributed by atoms with Crippen LogP contribution in [0.5, 0.6) is 0 Å². The van der Waals surface area contributed by atoms with E-state index in [1.54, 1.807) is 48.5 Å². The van der Waals surface area contributed by atoms with Gasteiger partial charge in [0.25, 0.3) is 0 Å². The molecule has 3 aliphatic rings. The van der Waals surface area contributed by atoms with Crippen molar-refractivity contribution in [1.82, 2.24) is 0 Å². The van der Waals surface area contributed by atoms with Crippen LogP contribution in [-0.4, -0.2) is 167 Å². The molecule has 3 aliphatic heterocycles. The van der Waals surface area contributed by atoms with E-state index < -0.39 is 91.3 Å². The molecule has 3 aromatic rings. The summed E-state index contributed by atoms with van der Waals surface area (Å²) in [6, 6.07) is 18.8. The number of rotatable bonds is 14. The molecule has 3 fully saturated rings. The summed E-state index contributed by atoms with van der Waals surface area (Å²) in [6.07, 6.45) is -11.0. The van der Waals surface area contributed by atoms with Crippen LogP contribution in [0.15, 0.2) is 78.9 Å². The van der Waals surface area contributed by atoms with Gasteiger partial charge in [0.1, 0.15) is 72.4 Å². The summed E-state index contributed by atoms with van der Waals surface area (Å²) in [5.74, 6) is -1.42. The first-order valence-corrected chi connectivity index (χ1v) is 20.7. The van der Waals surface area contributed by atoms with Gasteiger partial charge in [0.15, 0.2) is 5.78 Å². The van der Waals surface area contributed by atoms with E-state index in [-0.39, 0.29) is 62.1 Å². The van der Waals surface area contributed by atoms with Gasteiger partial charge >= 0.3 is 0 Å². The first-order valence-electron chi connectivity index (χ1n) is 20.7. The Labute approximate surface area is 362 Å². The van der Waals surface area contributed by atoms with E-state index in [0.29, 0.717) is 36.8 Å². The summed E-state index contributed by atoms with van der Waals surface area (Å²) < 4.78 is 55.8. The summed E-state index contributed by atoms with van der Waals surface area (Å²) in [5.41, 5.74) is 1.33. The average molecular weight is 897 g/mol. The summed E-state index contributed by atoms with van der Waals surface area (Å²) in [5, 5.41) is 106. The zero-order valence-electron chi connectivity index (χ0n) is 34.4. The Morgan fingerprint density at radius 3 is 1.32 bits per heavy atom. The molecule has 0 amide bonds. The molecule has 350 valence electrons. The molecule has 63 heavy (non-hydrogen) atoms. The van der Waals surface area contributed by atoms with Crippen molar-refractivity contribution >= 4 is 11.9 Å². The van der Waals surface area contributed by atoms with Crippen LogP contribution in [0.4, 0.5) is 13.2 Å². The molecule has 3 aromatic carbocycles. The Kier molecular flexibility index (Phi) is 21.2. The van der Waals surface area contributed by atoms with Gasteiger partial charge < -0.3 is 70.4 Å². The van der Waals surface area contributed by atoms with Crippen LogP contribution in [0.25, 0.3) is 6.08 Å². The predicted octanol–water partition coefficient (Wildman–Crippen LogP) is 0.261. The molecule has 0 bridgehead atoms. The minimum Gasteiger partial charge on any atom is -0.393 e. The predicted molar refractivity (Wildman–Crippen MR) is 219 cm³/mol. The first-order chi connectivity index (χ1) is 30.0. The van der Waals surface area contributed by atoms with Gasteiger partial charge in [-0.2, -0.15) is 0 Å². The summed E-state index contributed by atoms with van der Waals surface area (Å²) in [6.45, 7) is -0.306. The molecular weight excluding hydrogens is 837 g/mol. The number of carbonyl (C=O) groups is 1. The molecule has 0 saturated carbocycles. The molecule has 18 heteroatoms. The monoisotopic (exact) mass is 896 g/mol. The van der Waals surface area contributed by atoms with Crippen LogP contribution in [0, 0.1) is 17.5 Å². The third kappa shape index (κ3) is 16.1.